The largest absolute Gasteiger partial charge is 0.368 e. The predicted molar refractivity (Wildman–Crippen MR) is 54.8 cm³/mol. The second kappa shape index (κ2) is 4.37. The number of nitrogens with zero attached hydrogens (tertiary/aromatic N) is 1. The van der Waals surface area contributed by atoms with Gasteiger partial charge in [0, 0.05) is 0 Å². The molecule has 1 aliphatic rings. The van der Waals surface area contributed by atoms with E-state index in [2.05, 4.69) is 4.98 Å². The summed E-state index contributed by atoms with van der Waals surface area (Å²) in [7, 11) is 0. The number of amides is 1. The lowest BCUT2D eigenvalue weighted by Crippen LogP contribution is -2.41. The number of aromatic nitrogens is 1. The second-order valence-electron chi connectivity index (χ2n) is 4.08. The van der Waals surface area contributed by atoms with Gasteiger partial charge < -0.3 is 10.5 Å². The van der Waals surface area contributed by atoms with Gasteiger partial charge in [0.15, 0.2) is 11.6 Å². The lowest BCUT2D eigenvalue weighted by Gasteiger charge is -2.41. The molecule has 1 fully saturated rings. The normalized spacial score (nSPS) is 17.5. The van der Waals surface area contributed by atoms with Crippen LogP contribution >= 0.6 is 0 Å². The molecule has 0 saturated heterocycles. The van der Waals surface area contributed by atoms with E-state index in [4.69, 9.17) is 10.5 Å². The maximum absolute atomic E-state index is 13.6. The summed E-state index contributed by atoms with van der Waals surface area (Å²) in [5.41, 5.74) is 3.75. The fourth-order valence-corrected chi connectivity index (χ4v) is 2.02. The van der Waals surface area contributed by atoms with Crippen molar-refractivity contribution in [2.24, 2.45) is 5.73 Å². The molecule has 0 aliphatic heterocycles. The highest BCUT2D eigenvalue weighted by molar-refractivity contribution is 5.75. The average Bonchev–Trinajstić information content (AvgIpc) is 2.19. The van der Waals surface area contributed by atoms with E-state index in [0.717, 1.165) is 18.8 Å². The molecule has 2 N–H and O–H groups in total. The van der Waals surface area contributed by atoms with E-state index >= 15 is 0 Å². The molecule has 0 bridgehead atoms. The van der Waals surface area contributed by atoms with Crippen molar-refractivity contribution in [2.45, 2.75) is 24.9 Å². The lowest BCUT2D eigenvalue weighted by atomic mass is 9.74. The van der Waals surface area contributed by atoms with E-state index < -0.39 is 23.1 Å². The summed E-state index contributed by atoms with van der Waals surface area (Å²) >= 11 is 0. The molecule has 1 aliphatic carbocycles. The zero-order valence-corrected chi connectivity index (χ0v) is 9.08. The van der Waals surface area contributed by atoms with Gasteiger partial charge in [-0.2, -0.15) is 0 Å². The van der Waals surface area contributed by atoms with Crippen LogP contribution in [0.1, 0.15) is 24.8 Å². The number of ether oxygens (including phenoxy) is 1. The third kappa shape index (κ3) is 2.12. The summed E-state index contributed by atoms with van der Waals surface area (Å²) in [4.78, 5) is 14.1. The first-order chi connectivity index (χ1) is 8.05. The van der Waals surface area contributed by atoms with E-state index in [0.29, 0.717) is 12.8 Å². The van der Waals surface area contributed by atoms with Gasteiger partial charge in [0.2, 0.25) is 5.91 Å². The van der Waals surface area contributed by atoms with Crippen LogP contribution in [-0.4, -0.2) is 17.5 Å². The highest BCUT2D eigenvalue weighted by Crippen LogP contribution is 2.46. The van der Waals surface area contributed by atoms with E-state index in [1.807, 2.05) is 0 Å². The third-order valence-corrected chi connectivity index (χ3v) is 2.96. The highest BCUT2D eigenvalue weighted by atomic mass is 19.1. The Morgan fingerprint density at radius 2 is 2.00 bits per heavy atom. The van der Waals surface area contributed by atoms with Gasteiger partial charge in [-0.15, -0.1) is 0 Å². The van der Waals surface area contributed by atoms with Crippen LogP contribution in [0, 0.1) is 11.6 Å². The molecule has 1 amide bonds. The number of carbonyl (C=O) groups excluding carboxylic acids is 1. The smallest absolute Gasteiger partial charge is 0.243 e. The highest BCUT2D eigenvalue weighted by Gasteiger charge is 2.44. The van der Waals surface area contributed by atoms with Crippen LogP contribution in [0.3, 0.4) is 0 Å². The van der Waals surface area contributed by atoms with Gasteiger partial charge >= 0.3 is 0 Å². The third-order valence-electron chi connectivity index (χ3n) is 2.96. The van der Waals surface area contributed by atoms with Gasteiger partial charge in [-0.25, -0.2) is 8.78 Å². The Kier molecular flexibility index (Phi) is 3.06. The summed E-state index contributed by atoms with van der Waals surface area (Å²) < 4.78 is 32.5. The molecule has 1 heterocycles. The van der Waals surface area contributed by atoms with Crippen LogP contribution in [0.5, 0.6) is 0 Å². The predicted octanol–water partition coefficient (Wildman–Crippen LogP) is 1.24. The molecule has 17 heavy (non-hydrogen) atoms. The molecule has 6 heteroatoms. The summed E-state index contributed by atoms with van der Waals surface area (Å²) in [6, 6.07) is 0. The van der Waals surface area contributed by atoms with Crippen LogP contribution in [0.25, 0.3) is 0 Å². The maximum atomic E-state index is 13.6. The molecular formula is C11H12F2N2O2. The molecule has 1 aromatic heterocycles. The van der Waals surface area contributed by atoms with Crippen molar-refractivity contribution in [2.75, 3.05) is 6.61 Å². The van der Waals surface area contributed by atoms with Crippen molar-refractivity contribution < 1.29 is 18.3 Å². The second-order valence-corrected chi connectivity index (χ2v) is 4.08. The molecule has 0 radical (unpaired) electrons. The first kappa shape index (κ1) is 11.9. The lowest BCUT2D eigenvalue weighted by molar-refractivity contribution is -0.142. The first-order valence-electron chi connectivity index (χ1n) is 5.27. The zero-order valence-electron chi connectivity index (χ0n) is 9.08. The number of halogens is 2. The average molecular weight is 242 g/mol. The van der Waals surface area contributed by atoms with E-state index in [1.54, 1.807) is 0 Å². The SMILES string of the molecule is NC(=O)COC1(c2c(F)cncc2F)CCC1. The number of pyridine rings is 1. The monoisotopic (exact) mass is 242 g/mol. The maximum Gasteiger partial charge on any atom is 0.243 e. The Morgan fingerprint density at radius 1 is 1.41 bits per heavy atom. The topological polar surface area (TPSA) is 65.2 Å². The number of rotatable bonds is 4. The van der Waals surface area contributed by atoms with Crippen molar-refractivity contribution in [3.8, 4) is 0 Å². The Bertz CT molecular complexity index is 427. The van der Waals surface area contributed by atoms with E-state index in [1.165, 1.54) is 0 Å². The summed E-state index contributed by atoms with van der Waals surface area (Å²) in [6.45, 7) is -0.346. The van der Waals surface area contributed by atoms with Crippen molar-refractivity contribution in [3.63, 3.8) is 0 Å². The molecule has 1 aromatic rings. The molecule has 2 rings (SSSR count). The Morgan fingerprint density at radius 3 is 2.41 bits per heavy atom. The molecule has 4 nitrogen and oxygen atoms in total. The Labute approximate surface area is 96.8 Å². The fraction of sp³-hybridized carbons (Fsp3) is 0.455. The Hall–Kier alpha value is -1.56. The molecule has 0 atom stereocenters. The van der Waals surface area contributed by atoms with Crippen LogP contribution in [-0.2, 0) is 15.1 Å². The number of carbonyl (C=O) groups is 1. The van der Waals surface area contributed by atoms with Gasteiger partial charge in [0.05, 0.1) is 23.6 Å². The zero-order chi connectivity index (χ0) is 12.5. The molecule has 0 aromatic carbocycles. The summed E-state index contributed by atoms with van der Waals surface area (Å²) in [5, 5.41) is 0. The van der Waals surface area contributed by atoms with Crippen molar-refractivity contribution >= 4 is 5.91 Å². The summed E-state index contributed by atoms with van der Waals surface area (Å²) in [5.74, 6) is -2.17. The van der Waals surface area contributed by atoms with Crippen molar-refractivity contribution in [1.82, 2.24) is 4.98 Å². The number of hydrogen-bond donors (Lipinski definition) is 1. The van der Waals surface area contributed by atoms with Gasteiger partial charge in [-0.05, 0) is 19.3 Å². The number of hydrogen-bond acceptors (Lipinski definition) is 3. The van der Waals surface area contributed by atoms with Crippen LogP contribution in [0.15, 0.2) is 12.4 Å². The van der Waals surface area contributed by atoms with Gasteiger partial charge in [-0.1, -0.05) is 0 Å². The minimum absolute atomic E-state index is 0.153. The van der Waals surface area contributed by atoms with Crippen molar-refractivity contribution in [3.05, 3.63) is 29.6 Å². The molecule has 1 saturated carbocycles. The van der Waals surface area contributed by atoms with Crippen molar-refractivity contribution in [1.29, 1.82) is 0 Å². The van der Waals surface area contributed by atoms with Gasteiger partial charge in [-0.3, -0.25) is 9.78 Å². The fourth-order valence-electron chi connectivity index (χ4n) is 2.02. The van der Waals surface area contributed by atoms with Gasteiger partial charge in [0.1, 0.15) is 6.61 Å². The molecule has 0 unspecified atom stereocenters. The number of nitrogens with two attached hydrogens (primary N) is 1. The molecular weight excluding hydrogens is 230 g/mol. The minimum atomic E-state index is -1.06. The first-order valence-corrected chi connectivity index (χ1v) is 5.27. The standard InChI is InChI=1S/C11H12F2N2O2/c12-7-4-15-5-8(13)10(7)11(2-1-3-11)17-6-9(14)16/h4-5H,1-3,6H2,(H2,14,16). The van der Waals surface area contributed by atoms with Crippen LogP contribution in [0.2, 0.25) is 0 Å². The van der Waals surface area contributed by atoms with E-state index in [9.17, 15) is 13.6 Å². The Balaban J connectivity index is 2.31. The number of primary amides is 1. The quantitative estimate of drug-likeness (QED) is 0.863. The van der Waals surface area contributed by atoms with Crippen LogP contribution < -0.4 is 5.73 Å². The van der Waals surface area contributed by atoms with E-state index in [-0.39, 0.29) is 12.2 Å². The molecule has 92 valence electrons. The van der Waals surface area contributed by atoms with Gasteiger partial charge in [0.25, 0.3) is 0 Å². The van der Waals surface area contributed by atoms with Crippen LogP contribution in [0.4, 0.5) is 8.78 Å². The summed E-state index contributed by atoms with van der Waals surface area (Å²) in [6.07, 6.45) is 3.61. The molecule has 0 spiro atoms. The minimum Gasteiger partial charge on any atom is -0.368 e.